The summed E-state index contributed by atoms with van der Waals surface area (Å²) in [6, 6.07) is 13.1. The van der Waals surface area contributed by atoms with Crippen molar-refractivity contribution in [2.24, 2.45) is 0 Å². The Morgan fingerprint density at radius 2 is 1.68 bits per heavy atom. The fourth-order valence-corrected chi connectivity index (χ4v) is 2.93. The van der Waals surface area contributed by atoms with Crippen molar-refractivity contribution >= 4 is 9.84 Å². The summed E-state index contributed by atoms with van der Waals surface area (Å²) < 4.78 is 25.5. The minimum atomic E-state index is -3.47. The van der Waals surface area contributed by atoms with Crippen LogP contribution in [0.3, 0.4) is 0 Å². The van der Waals surface area contributed by atoms with Gasteiger partial charge in [-0.1, -0.05) is 30.3 Å². The predicted molar refractivity (Wildman–Crippen MR) is 81.9 cm³/mol. The third kappa shape index (κ3) is 2.89. The van der Waals surface area contributed by atoms with Crippen LogP contribution in [0.2, 0.25) is 0 Å². The van der Waals surface area contributed by atoms with Crippen LogP contribution < -0.4 is 0 Å². The normalized spacial score (nSPS) is 11.5. The van der Waals surface area contributed by atoms with Crippen molar-refractivity contribution in [1.82, 2.24) is 19.7 Å². The minimum Gasteiger partial charge on any atom is -0.293 e. The molecule has 112 valence electrons. The van der Waals surface area contributed by atoms with Crippen LogP contribution in [0.25, 0.3) is 11.4 Å². The fourth-order valence-electron chi connectivity index (χ4n) is 2.19. The maximum atomic E-state index is 12.0. The molecule has 1 aromatic carbocycles. The van der Waals surface area contributed by atoms with E-state index in [1.54, 1.807) is 29.1 Å². The summed E-state index contributed by atoms with van der Waals surface area (Å²) in [5.41, 5.74) is 1.75. The molecule has 0 saturated carbocycles. The number of rotatable bonds is 4. The number of aromatic nitrogens is 4. The standard InChI is InChI=1S/C15H14N4O2S/c1-22(20,21)15-18-17-14(13-7-9-16-10-8-13)19(15)11-12-5-3-2-4-6-12/h2-10H,11H2,1H3. The molecule has 3 rings (SSSR count). The van der Waals surface area contributed by atoms with Gasteiger partial charge in [0, 0.05) is 24.2 Å². The molecule has 7 heteroatoms. The second kappa shape index (κ2) is 5.69. The Labute approximate surface area is 128 Å². The summed E-state index contributed by atoms with van der Waals surface area (Å²) in [6.45, 7) is 0.383. The number of sulfone groups is 1. The van der Waals surface area contributed by atoms with E-state index in [-0.39, 0.29) is 5.16 Å². The van der Waals surface area contributed by atoms with E-state index in [1.165, 1.54) is 0 Å². The molecule has 0 radical (unpaired) electrons. The van der Waals surface area contributed by atoms with Crippen LogP contribution in [0, 0.1) is 0 Å². The second-order valence-corrected chi connectivity index (χ2v) is 6.80. The first-order valence-electron chi connectivity index (χ1n) is 6.63. The smallest absolute Gasteiger partial charge is 0.250 e. The zero-order chi connectivity index (χ0) is 15.6. The number of benzene rings is 1. The van der Waals surface area contributed by atoms with Gasteiger partial charge in [-0.25, -0.2) is 8.42 Å². The van der Waals surface area contributed by atoms with Gasteiger partial charge in [-0.15, -0.1) is 10.2 Å². The molecule has 0 saturated heterocycles. The van der Waals surface area contributed by atoms with Gasteiger partial charge >= 0.3 is 0 Å². The lowest BCUT2D eigenvalue weighted by Crippen LogP contribution is -2.11. The van der Waals surface area contributed by atoms with Gasteiger partial charge in [-0.2, -0.15) is 0 Å². The molecular weight excluding hydrogens is 300 g/mol. The van der Waals surface area contributed by atoms with Crippen LogP contribution in [0.5, 0.6) is 0 Å². The summed E-state index contributed by atoms with van der Waals surface area (Å²) in [5.74, 6) is 0.506. The Morgan fingerprint density at radius 1 is 1.00 bits per heavy atom. The SMILES string of the molecule is CS(=O)(=O)c1nnc(-c2ccncc2)n1Cc1ccccc1. The molecule has 0 amide bonds. The zero-order valence-corrected chi connectivity index (χ0v) is 12.7. The van der Waals surface area contributed by atoms with E-state index in [0.717, 1.165) is 17.4 Å². The monoisotopic (exact) mass is 314 g/mol. The average molecular weight is 314 g/mol. The van der Waals surface area contributed by atoms with Gasteiger partial charge in [-0.3, -0.25) is 9.55 Å². The van der Waals surface area contributed by atoms with Gasteiger partial charge in [0.05, 0.1) is 6.54 Å². The molecular formula is C15H14N4O2S. The summed E-state index contributed by atoms with van der Waals surface area (Å²) in [5, 5.41) is 7.88. The van der Waals surface area contributed by atoms with Crippen molar-refractivity contribution in [2.75, 3.05) is 6.26 Å². The number of pyridine rings is 1. The van der Waals surface area contributed by atoms with E-state index in [4.69, 9.17) is 0 Å². The molecule has 0 atom stereocenters. The highest BCUT2D eigenvalue weighted by atomic mass is 32.2. The van der Waals surface area contributed by atoms with E-state index < -0.39 is 9.84 Å². The molecule has 0 unspecified atom stereocenters. The molecule has 22 heavy (non-hydrogen) atoms. The van der Waals surface area contributed by atoms with Gasteiger partial charge < -0.3 is 0 Å². The van der Waals surface area contributed by atoms with E-state index in [0.29, 0.717) is 12.4 Å². The highest BCUT2D eigenvalue weighted by Gasteiger charge is 2.21. The summed E-state index contributed by atoms with van der Waals surface area (Å²) >= 11 is 0. The predicted octanol–water partition coefficient (Wildman–Crippen LogP) is 1.79. The Morgan fingerprint density at radius 3 is 2.32 bits per heavy atom. The molecule has 0 N–H and O–H groups in total. The maximum Gasteiger partial charge on any atom is 0.250 e. The Kier molecular flexibility index (Phi) is 3.72. The van der Waals surface area contributed by atoms with Gasteiger partial charge in [0.2, 0.25) is 15.0 Å². The van der Waals surface area contributed by atoms with E-state index >= 15 is 0 Å². The van der Waals surface area contributed by atoms with Crippen LogP contribution in [0.4, 0.5) is 0 Å². The van der Waals surface area contributed by atoms with Crippen LogP contribution in [0.15, 0.2) is 60.0 Å². The molecule has 2 aromatic heterocycles. The van der Waals surface area contributed by atoms with E-state index in [1.807, 2.05) is 30.3 Å². The molecule has 0 bridgehead atoms. The molecule has 2 heterocycles. The Bertz CT molecular complexity index is 874. The number of hydrogen-bond acceptors (Lipinski definition) is 5. The number of nitrogens with zero attached hydrogens (tertiary/aromatic N) is 4. The largest absolute Gasteiger partial charge is 0.293 e. The van der Waals surface area contributed by atoms with Gasteiger partial charge in [0.1, 0.15) is 0 Å². The van der Waals surface area contributed by atoms with Gasteiger partial charge in [0.15, 0.2) is 5.82 Å². The lowest BCUT2D eigenvalue weighted by molar-refractivity contribution is 0.578. The summed E-state index contributed by atoms with van der Waals surface area (Å²) in [6.07, 6.45) is 4.41. The maximum absolute atomic E-state index is 12.0. The third-order valence-corrected chi connectivity index (χ3v) is 4.14. The van der Waals surface area contributed by atoms with Crippen LogP contribution >= 0.6 is 0 Å². The first kappa shape index (κ1) is 14.4. The van der Waals surface area contributed by atoms with Crippen molar-refractivity contribution < 1.29 is 8.42 Å². The highest BCUT2D eigenvalue weighted by molar-refractivity contribution is 7.90. The molecule has 0 aliphatic rings. The van der Waals surface area contributed by atoms with Crippen molar-refractivity contribution in [3.05, 3.63) is 60.4 Å². The first-order chi connectivity index (χ1) is 10.6. The summed E-state index contributed by atoms with van der Waals surface area (Å²) in [4.78, 5) is 3.96. The van der Waals surface area contributed by atoms with Gasteiger partial charge in [-0.05, 0) is 17.7 Å². The highest BCUT2D eigenvalue weighted by Crippen LogP contribution is 2.21. The van der Waals surface area contributed by atoms with Crippen molar-refractivity contribution in [3.63, 3.8) is 0 Å². The van der Waals surface area contributed by atoms with E-state index in [2.05, 4.69) is 15.2 Å². The molecule has 6 nitrogen and oxygen atoms in total. The zero-order valence-electron chi connectivity index (χ0n) is 11.9. The molecule has 0 fully saturated rings. The topological polar surface area (TPSA) is 77.7 Å². The van der Waals surface area contributed by atoms with Crippen molar-refractivity contribution in [1.29, 1.82) is 0 Å². The van der Waals surface area contributed by atoms with Crippen molar-refractivity contribution in [3.8, 4) is 11.4 Å². The molecule has 0 aliphatic heterocycles. The van der Waals surface area contributed by atoms with Crippen LogP contribution in [-0.2, 0) is 16.4 Å². The first-order valence-corrected chi connectivity index (χ1v) is 8.52. The van der Waals surface area contributed by atoms with Crippen LogP contribution in [-0.4, -0.2) is 34.4 Å². The fraction of sp³-hybridized carbons (Fsp3) is 0.133. The quantitative estimate of drug-likeness (QED) is 0.733. The van der Waals surface area contributed by atoms with Crippen LogP contribution in [0.1, 0.15) is 5.56 Å². The Balaban J connectivity index is 2.14. The third-order valence-electron chi connectivity index (χ3n) is 3.17. The molecule has 0 spiro atoms. The lowest BCUT2D eigenvalue weighted by atomic mass is 10.2. The Hall–Kier alpha value is -2.54. The minimum absolute atomic E-state index is 0.0387. The lowest BCUT2D eigenvalue weighted by Gasteiger charge is -2.09. The molecule has 0 aliphatic carbocycles. The van der Waals surface area contributed by atoms with E-state index in [9.17, 15) is 8.42 Å². The second-order valence-electron chi connectivity index (χ2n) is 4.89. The number of hydrogen-bond donors (Lipinski definition) is 0. The van der Waals surface area contributed by atoms with Gasteiger partial charge in [0.25, 0.3) is 0 Å². The molecule has 3 aromatic rings. The average Bonchev–Trinajstić information content (AvgIpc) is 2.93. The summed E-state index contributed by atoms with van der Waals surface area (Å²) in [7, 11) is -3.47. The van der Waals surface area contributed by atoms with Crippen molar-refractivity contribution in [2.45, 2.75) is 11.7 Å².